The van der Waals surface area contributed by atoms with Crippen LogP contribution in [0.4, 0.5) is 4.39 Å². The van der Waals surface area contributed by atoms with Gasteiger partial charge in [0.1, 0.15) is 5.82 Å². The summed E-state index contributed by atoms with van der Waals surface area (Å²) in [5, 5.41) is 10.6. The highest BCUT2D eigenvalue weighted by molar-refractivity contribution is 5.38. The van der Waals surface area contributed by atoms with Gasteiger partial charge in [-0.15, -0.1) is 0 Å². The summed E-state index contributed by atoms with van der Waals surface area (Å²) in [6, 6.07) is 6.73. The maximum atomic E-state index is 13.9. The van der Waals surface area contributed by atoms with Crippen molar-refractivity contribution in [1.82, 2.24) is 4.57 Å². The normalized spacial score (nSPS) is 17.9. The molecule has 1 aromatic carbocycles. The fourth-order valence-corrected chi connectivity index (χ4v) is 3.39. The summed E-state index contributed by atoms with van der Waals surface area (Å²) in [7, 11) is 0. The maximum absolute atomic E-state index is 13.9. The van der Waals surface area contributed by atoms with Gasteiger partial charge in [-0.3, -0.25) is 0 Å². The van der Waals surface area contributed by atoms with Crippen LogP contribution in [0.15, 0.2) is 36.7 Å². The van der Waals surface area contributed by atoms with Crippen LogP contribution in [0.5, 0.6) is 0 Å². The van der Waals surface area contributed by atoms with Crippen LogP contribution in [0.1, 0.15) is 49.3 Å². The lowest BCUT2D eigenvalue weighted by Crippen LogP contribution is -2.16. The quantitative estimate of drug-likeness (QED) is 0.881. The average molecular weight is 287 g/mol. The van der Waals surface area contributed by atoms with Gasteiger partial charge < -0.3 is 9.67 Å². The Morgan fingerprint density at radius 2 is 1.86 bits per heavy atom. The van der Waals surface area contributed by atoms with Gasteiger partial charge in [-0.25, -0.2) is 4.39 Å². The zero-order chi connectivity index (χ0) is 14.8. The number of halogens is 1. The van der Waals surface area contributed by atoms with E-state index in [-0.39, 0.29) is 5.82 Å². The fourth-order valence-electron chi connectivity index (χ4n) is 3.39. The first-order valence-corrected chi connectivity index (χ1v) is 7.78. The Labute approximate surface area is 125 Å². The zero-order valence-electron chi connectivity index (χ0n) is 12.4. The van der Waals surface area contributed by atoms with Gasteiger partial charge in [-0.05, 0) is 43.4 Å². The lowest BCUT2D eigenvalue weighted by Gasteiger charge is -2.26. The van der Waals surface area contributed by atoms with E-state index in [0.29, 0.717) is 11.6 Å². The molecule has 1 aromatic heterocycles. The Kier molecular flexibility index (Phi) is 4.11. The molecule has 1 unspecified atom stereocenters. The molecule has 0 saturated heterocycles. The smallest absolute Gasteiger partial charge is 0.147 e. The van der Waals surface area contributed by atoms with E-state index in [9.17, 15) is 9.50 Å². The first-order chi connectivity index (χ1) is 10.2. The number of hydrogen-bond acceptors (Lipinski definition) is 1. The first-order valence-electron chi connectivity index (χ1n) is 7.78. The minimum atomic E-state index is -0.432. The molecule has 0 spiro atoms. The summed E-state index contributed by atoms with van der Waals surface area (Å²) < 4.78 is 15.7. The number of aliphatic hydroxyl groups excluding tert-OH is 1. The first kappa shape index (κ1) is 14.3. The van der Waals surface area contributed by atoms with Crippen molar-refractivity contribution in [2.24, 2.45) is 5.92 Å². The lowest BCUT2D eigenvalue weighted by molar-refractivity contribution is 0.0844. The van der Waals surface area contributed by atoms with Crippen LogP contribution in [-0.2, 0) is 0 Å². The summed E-state index contributed by atoms with van der Waals surface area (Å²) in [5.74, 6) is 0.0973. The lowest BCUT2D eigenvalue weighted by atomic mass is 9.83. The highest BCUT2D eigenvalue weighted by Crippen LogP contribution is 2.36. The zero-order valence-corrected chi connectivity index (χ0v) is 12.4. The van der Waals surface area contributed by atoms with Crippen LogP contribution in [0.3, 0.4) is 0 Å². The number of hydrogen-bond donors (Lipinski definition) is 1. The Hall–Kier alpha value is -1.61. The second-order valence-electron chi connectivity index (χ2n) is 6.10. The van der Waals surface area contributed by atoms with Crippen molar-refractivity contribution in [3.05, 3.63) is 53.6 Å². The van der Waals surface area contributed by atoms with E-state index >= 15 is 0 Å². The minimum absolute atomic E-state index is 0.244. The monoisotopic (exact) mass is 287 g/mol. The fraction of sp³-hybridized carbons (Fsp3) is 0.444. The second kappa shape index (κ2) is 6.02. The number of rotatable bonds is 3. The van der Waals surface area contributed by atoms with E-state index in [2.05, 4.69) is 0 Å². The summed E-state index contributed by atoms with van der Waals surface area (Å²) in [6.45, 7) is 1.98. The molecule has 1 saturated carbocycles. The van der Waals surface area contributed by atoms with E-state index in [1.54, 1.807) is 16.7 Å². The predicted molar refractivity (Wildman–Crippen MR) is 82.0 cm³/mol. The number of para-hydroxylation sites is 1. The van der Waals surface area contributed by atoms with Gasteiger partial charge >= 0.3 is 0 Å². The number of nitrogens with zero attached hydrogens (tertiary/aromatic N) is 1. The molecule has 1 aliphatic rings. The molecule has 21 heavy (non-hydrogen) atoms. The number of aromatic nitrogens is 1. The molecule has 2 nitrogen and oxygen atoms in total. The Balaban J connectivity index is 1.89. The molecule has 1 N–H and O–H groups in total. The van der Waals surface area contributed by atoms with Crippen LogP contribution >= 0.6 is 0 Å². The van der Waals surface area contributed by atoms with Gasteiger partial charge in [0, 0.05) is 18.0 Å². The average Bonchev–Trinajstić information content (AvgIpc) is 2.89. The van der Waals surface area contributed by atoms with Crippen LogP contribution in [0.2, 0.25) is 0 Å². The van der Waals surface area contributed by atoms with Gasteiger partial charge in [-0.1, -0.05) is 31.4 Å². The summed E-state index contributed by atoms with van der Waals surface area (Å²) >= 11 is 0. The summed E-state index contributed by atoms with van der Waals surface area (Å²) in [5.41, 5.74) is 2.49. The third-order valence-corrected chi connectivity index (χ3v) is 4.61. The highest BCUT2D eigenvalue weighted by Gasteiger charge is 2.25. The summed E-state index contributed by atoms with van der Waals surface area (Å²) in [6.07, 6.45) is 9.21. The van der Waals surface area contributed by atoms with Gasteiger partial charge in [0.15, 0.2) is 0 Å². The standard InChI is InChI=1S/C18H22FNO/c1-13-11-20(17-10-6-5-9-16(17)19)12-15(13)18(21)14-7-3-2-4-8-14/h5-6,9-12,14,18,21H,2-4,7-8H2,1H3. The second-order valence-corrected chi connectivity index (χ2v) is 6.10. The Bertz CT molecular complexity index is 613. The molecule has 0 bridgehead atoms. The van der Waals surface area contributed by atoms with E-state index < -0.39 is 6.10 Å². The molecule has 3 rings (SSSR count). The SMILES string of the molecule is Cc1cn(-c2ccccc2F)cc1C(O)C1CCCCC1. The van der Waals surface area contributed by atoms with E-state index in [4.69, 9.17) is 0 Å². The molecule has 1 aliphatic carbocycles. The number of benzene rings is 1. The molecule has 1 heterocycles. The van der Waals surface area contributed by atoms with Crippen LogP contribution in [-0.4, -0.2) is 9.67 Å². The minimum Gasteiger partial charge on any atom is -0.388 e. The number of aryl methyl sites for hydroxylation is 1. The van der Waals surface area contributed by atoms with Crippen molar-refractivity contribution in [3.8, 4) is 5.69 Å². The third-order valence-electron chi connectivity index (χ3n) is 4.61. The van der Waals surface area contributed by atoms with Crippen LogP contribution in [0, 0.1) is 18.7 Å². The molecule has 0 radical (unpaired) electrons. The van der Waals surface area contributed by atoms with Crippen molar-refractivity contribution in [1.29, 1.82) is 0 Å². The topological polar surface area (TPSA) is 25.2 Å². The summed E-state index contributed by atoms with van der Waals surface area (Å²) in [4.78, 5) is 0. The van der Waals surface area contributed by atoms with Crippen LogP contribution < -0.4 is 0 Å². The van der Waals surface area contributed by atoms with Crippen molar-refractivity contribution in [2.75, 3.05) is 0 Å². The Morgan fingerprint density at radius 3 is 2.57 bits per heavy atom. The van der Waals surface area contributed by atoms with E-state index in [1.165, 1.54) is 25.3 Å². The van der Waals surface area contributed by atoms with Gasteiger partial charge in [0.2, 0.25) is 0 Å². The largest absolute Gasteiger partial charge is 0.388 e. The molecule has 1 fully saturated rings. The predicted octanol–water partition coefficient (Wildman–Crippen LogP) is 4.54. The molecule has 3 heteroatoms. The van der Waals surface area contributed by atoms with E-state index in [1.807, 2.05) is 25.4 Å². The van der Waals surface area contributed by atoms with Gasteiger partial charge in [-0.2, -0.15) is 0 Å². The van der Waals surface area contributed by atoms with Crippen LogP contribution in [0.25, 0.3) is 5.69 Å². The van der Waals surface area contributed by atoms with Gasteiger partial charge in [0.05, 0.1) is 11.8 Å². The van der Waals surface area contributed by atoms with Gasteiger partial charge in [0.25, 0.3) is 0 Å². The Morgan fingerprint density at radius 1 is 1.14 bits per heavy atom. The third kappa shape index (κ3) is 2.88. The van der Waals surface area contributed by atoms with E-state index in [0.717, 1.165) is 24.0 Å². The molecule has 0 amide bonds. The van der Waals surface area contributed by atoms with Crippen molar-refractivity contribution >= 4 is 0 Å². The van der Waals surface area contributed by atoms with Crippen molar-refractivity contribution in [2.45, 2.75) is 45.1 Å². The van der Waals surface area contributed by atoms with Crippen molar-refractivity contribution in [3.63, 3.8) is 0 Å². The molecular formula is C18H22FNO. The highest BCUT2D eigenvalue weighted by atomic mass is 19.1. The molecule has 2 aromatic rings. The maximum Gasteiger partial charge on any atom is 0.147 e. The molecule has 0 aliphatic heterocycles. The van der Waals surface area contributed by atoms with Crippen molar-refractivity contribution < 1.29 is 9.50 Å². The molecular weight excluding hydrogens is 265 g/mol. The molecule has 112 valence electrons. The molecule has 1 atom stereocenters. The number of aliphatic hydroxyl groups is 1.